The second-order valence-electron chi connectivity index (χ2n) is 5.88. The van der Waals surface area contributed by atoms with E-state index in [4.69, 9.17) is 4.74 Å². The Hall–Kier alpha value is -0.120. The predicted molar refractivity (Wildman–Crippen MR) is 82.7 cm³/mol. The third-order valence-corrected chi connectivity index (χ3v) is 4.07. The standard InChI is InChI=1S/C16H34N2O/c1-4-6-12-19-13-7-10-18-11-8-16(14-15(18)3)17-9-5-2/h15-17H,4-14H2,1-3H3. The molecule has 0 aliphatic carbocycles. The predicted octanol–water partition coefficient (Wildman–Crippen LogP) is 3.05. The summed E-state index contributed by atoms with van der Waals surface area (Å²) in [6.07, 6.45) is 7.46. The lowest BCUT2D eigenvalue weighted by Gasteiger charge is -2.38. The van der Waals surface area contributed by atoms with Crippen LogP contribution in [-0.2, 0) is 4.74 Å². The lowest BCUT2D eigenvalue weighted by Crippen LogP contribution is -2.47. The molecule has 114 valence electrons. The van der Waals surface area contributed by atoms with Gasteiger partial charge in [0.1, 0.15) is 0 Å². The largest absolute Gasteiger partial charge is 0.381 e. The Kier molecular flexibility index (Phi) is 9.48. The number of nitrogens with zero attached hydrogens (tertiary/aromatic N) is 1. The summed E-state index contributed by atoms with van der Waals surface area (Å²) in [5.41, 5.74) is 0. The smallest absolute Gasteiger partial charge is 0.0478 e. The zero-order valence-electron chi connectivity index (χ0n) is 13.3. The number of likely N-dealkylation sites (tertiary alicyclic amines) is 1. The molecule has 3 nitrogen and oxygen atoms in total. The number of hydrogen-bond donors (Lipinski definition) is 1. The molecular formula is C16H34N2O. The van der Waals surface area contributed by atoms with E-state index in [0.29, 0.717) is 0 Å². The van der Waals surface area contributed by atoms with E-state index in [0.717, 1.165) is 25.3 Å². The molecule has 0 spiro atoms. The van der Waals surface area contributed by atoms with Crippen LogP contribution >= 0.6 is 0 Å². The molecule has 0 bridgehead atoms. The minimum atomic E-state index is 0.721. The lowest BCUT2D eigenvalue weighted by atomic mass is 9.98. The third-order valence-electron chi connectivity index (χ3n) is 4.07. The molecule has 19 heavy (non-hydrogen) atoms. The van der Waals surface area contributed by atoms with Gasteiger partial charge < -0.3 is 15.0 Å². The molecule has 1 heterocycles. The molecular weight excluding hydrogens is 236 g/mol. The number of unbranched alkanes of at least 4 members (excludes halogenated alkanes) is 1. The minimum absolute atomic E-state index is 0.721. The summed E-state index contributed by atoms with van der Waals surface area (Å²) in [5, 5.41) is 3.66. The van der Waals surface area contributed by atoms with Gasteiger partial charge in [-0.3, -0.25) is 0 Å². The van der Waals surface area contributed by atoms with Crippen molar-refractivity contribution in [2.24, 2.45) is 0 Å². The van der Waals surface area contributed by atoms with Gasteiger partial charge in [-0.05, 0) is 52.1 Å². The van der Waals surface area contributed by atoms with E-state index in [1.165, 1.54) is 58.2 Å². The van der Waals surface area contributed by atoms with Crippen molar-refractivity contribution >= 4 is 0 Å². The monoisotopic (exact) mass is 270 g/mol. The van der Waals surface area contributed by atoms with Crippen LogP contribution in [0.5, 0.6) is 0 Å². The molecule has 1 saturated heterocycles. The molecule has 2 atom stereocenters. The molecule has 0 aromatic heterocycles. The Labute approximate surface area is 120 Å². The molecule has 1 aliphatic heterocycles. The summed E-state index contributed by atoms with van der Waals surface area (Å²) in [6, 6.07) is 1.46. The third kappa shape index (κ3) is 7.28. The average Bonchev–Trinajstić information content (AvgIpc) is 2.42. The molecule has 0 amide bonds. The van der Waals surface area contributed by atoms with Crippen LogP contribution in [0.4, 0.5) is 0 Å². The summed E-state index contributed by atoms with van der Waals surface area (Å²) in [7, 11) is 0. The number of hydrogen-bond acceptors (Lipinski definition) is 3. The van der Waals surface area contributed by atoms with Gasteiger partial charge in [0, 0.05) is 31.8 Å². The Bertz CT molecular complexity index is 211. The molecule has 0 saturated carbocycles. The molecule has 1 N–H and O–H groups in total. The van der Waals surface area contributed by atoms with E-state index in [1.807, 2.05) is 0 Å². The normalized spacial score (nSPS) is 24.8. The SMILES string of the molecule is CCCCOCCCN1CCC(NCCC)CC1C. The number of piperidine rings is 1. The summed E-state index contributed by atoms with van der Waals surface area (Å²) in [6.45, 7) is 12.3. The topological polar surface area (TPSA) is 24.5 Å². The first-order valence-corrected chi connectivity index (χ1v) is 8.33. The van der Waals surface area contributed by atoms with Gasteiger partial charge in [0.05, 0.1) is 0 Å². The molecule has 1 aliphatic rings. The fourth-order valence-electron chi connectivity index (χ4n) is 2.80. The van der Waals surface area contributed by atoms with Gasteiger partial charge in [-0.15, -0.1) is 0 Å². The maximum Gasteiger partial charge on any atom is 0.0478 e. The van der Waals surface area contributed by atoms with Crippen LogP contribution in [0, 0.1) is 0 Å². The van der Waals surface area contributed by atoms with E-state index in [-0.39, 0.29) is 0 Å². The maximum absolute atomic E-state index is 5.64. The van der Waals surface area contributed by atoms with Gasteiger partial charge in [0.25, 0.3) is 0 Å². The van der Waals surface area contributed by atoms with Gasteiger partial charge in [-0.2, -0.15) is 0 Å². The summed E-state index contributed by atoms with van der Waals surface area (Å²) >= 11 is 0. The molecule has 0 radical (unpaired) electrons. The first-order valence-electron chi connectivity index (χ1n) is 8.33. The van der Waals surface area contributed by atoms with E-state index < -0.39 is 0 Å². The van der Waals surface area contributed by atoms with Crippen LogP contribution in [0.15, 0.2) is 0 Å². The van der Waals surface area contributed by atoms with Crippen molar-refractivity contribution in [2.45, 2.75) is 71.4 Å². The van der Waals surface area contributed by atoms with Crippen molar-refractivity contribution in [2.75, 3.05) is 32.8 Å². The van der Waals surface area contributed by atoms with Crippen LogP contribution in [0.3, 0.4) is 0 Å². The van der Waals surface area contributed by atoms with E-state index in [2.05, 4.69) is 31.0 Å². The molecule has 2 unspecified atom stereocenters. The fourth-order valence-corrected chi connectivity index (χ4v) is 2.80. The quantitative estimate of drug-likeness (QED) is 0.618. The van der Waals surface area contributed by atoms with Gasteiger partial charge >= 0.3 is 0 Å². The van der Waals surface area contributed by atoms with E-state index in [9.17, 15) is 0 Å². The van der Waals surface area contributed by atoms with Gasteiger partial charge in [0.15, 0.2) is 0 Å². The maximum atomic E-state index is 5.64. The highest BCUT2D eigenvalue weighted by molar-refractivity contribution is 4.82. The van der Waals surface area contributed by atoms with Crippen molar-refractivity contribution in [1.29, 1.82) is 0 Å². The van der Waals surface area contributed by atoms with Gasteiger partial charge in [-0.25, -0.2) is 0 Å². The highest BCUT2D eigenvalue weighted by Crippen LogP contribution is 2.17. The fraction of sp³-hybridized carbons (Fsp3) is 1.00. The number of ether oxygens (including phenoxy) is 1. The molecule has 1 rings (SSSR count). The average molecular weight is 270 g/mol. The van der Waals surface area contributed by atoms with E-state index >= 15 is 0 Å². The van der Waals surface area contributed by atoms with Crippen molar-refractivity contribution in [3.8, 4) is 0 Å². The number of nitrogens with one attached hydrogen (secondary N) is 1. The Balaban J connectivity index is 2.05. The van der Waals surface area contributed by atoms with Crippen LogP contribution in [0.1, 0.15) is 59.3 Å². The minimum Gasteiger partial charge on any atom is -0.381 e. The lowest BCUT2D eigenvalue weighted by molar-refractivity contribution is 0.0944. The van der Waals surface area contributed by atoms with E-state index in [1.54, 1.807) is 0 Å². The Morgan fingerprint density at radius 2 is 1.95 bits per heavy atom. The Morgan fingerprint density at radius 1 is 1.16 bits per heavy atom. The summed E-state index contributed by atoms with van der Waals surface area (Å²) < 4.78 is 5.64. The van der Waals surface area contributed by atoms with Crippen LogP contribution in [-0.4, -0.2) is 49.8 Å². The second-order valence-corrected chi connectivity index (χ2v) is 5.88. The first kappa shape index (κ1) is 16.9. The highest BCUT2D eigenvalue weighted by Gasteiger charge is 2.24. The van der Waals surface area contributed by atoms with Crippen molar-refractivity contribution < 1.29 is 4.74 Å². The highest BCUT2D eigenvalue weighted by atomic mass is 16.5. The van der Waals surface area contributed by atoms with Crippen molar-refractivity contribution in [1.82, 2.24) is 10.2 Å². The zero-order valence-corrected chi connectivity index (χ0v) is 13.3. The van der Waals surface area contributed by atoms with Crippen molar-refractivity contribution in [3.63, 3.8) is 0 Å². The first-order chi connectivity index (χ1) is 9.27. The number of rotatable bonds is 10. The molecule has 1 fully saturated rings. The second kappa shape index (κ2) is 10.6. The van der Waals surface area contributed by atoms with Gasteiger partial charge in [0.2, 0.25) is 0 Å². The van der Waals surface area contributed by atoms with Crippen LogP contribution in [0.25, 0.3) is 0 Å². The Morgan fingerprint density at radius 3 is 2.63 bits per heavy atom. The summed E-state index contributed by atoms with van der Waals surface area (Å²) in [5.74, 6) is 0. The van der Waals surface area contributed by atoms with Crippen LogP contribution < -0.4 is 5.32 Å². The zero-order chi connectivity index (χ0) is 13.9. The summed E-state index contributed by atoms with van der Waals surface area (Å²) in [4.78, 5) is 2.63. The van der Waals surface area contributed by atoms with Crippen molar-refractivity contribution in [3.05, 3.63) is 0 Å². The molecule has 0 aromatic rings. The molecule has 0 aromatic carbocycles. The van der Waals surface area contributed by atoms with Crippen LogP contribution in [0.2, 0.25) is 0 Å². The van der Waals surface area contributed by atoms with Gasteiger partial charge in [-0.1, -0.05) is 20.3 Å². The molecule has 3 heteroatoms.